The van der Waals surface area contributed by atoms with Crippen LogP contribution < -0.4 is 10.6 Å². The number of ketones is 2. The molecule has 32 heavy (non-hydrogen) atoms. The van der Waals surface area contributed by atoms with Crippen molar-refractivity contribution in [3.05, 3.63) is 94.5 Å². The predicted octanol–water partition coefficient (Wildman–Crippen LogP) is 4.33. The molecule has 2 N–H and O–H groups in total. The Labute approximate surface area is 188 Å². The summed E-state index contributed by atoms with van der Waals surface area (Å²) in [7, 11) is 0. The van der Waals surface area contributed by atoms with Crippen LogP contribution >= 0.6 is 11.6 Å². The van der Waals surface area contributed by atoms with Gasteiger partial charge in [-0.15, -0.1) is 0 Å². The number of hydrogen-bond acceptors (Lipinski definition) is 4. The van der Waals surface area contributed by atoms with Crippen LogP contribution in [0.2, 0.25) is 5.02 Å². The van der Waals surface area contributed by atoms with Crippen LogP contribution in [0.15, 0.2) is 72.8 Å². The molecule has 0 unspecified atom stereocenters. The summed E-state index contributed by atoms with van der Waals surface area (Å²) in [6.45, 7) is 0. The zero-order chi connectivity index (χ0) is 22.4. The molecule has 7 heteroatoms. The van der Waals surface area contributed by atoms with Crippen molar-refractivity contribution < 1.29 is 19.2 Å². The molecule has 0 saturated carbocycles. The first-order chi connectivity index (χ1) is 15.5. The van der Waals surface area contributed by atoms with E-state index < -0.39 is 41.1 Å². The number of halogens is 1. The van der Waals surface area contributed by atoms with Gasteiger partial charge >= 0.3 is 0 Å². The first-order valence-corrected chi connectivity index (χ1v) is 10.5. The maximum absolute atomic E-state index is 13.5. The summed E-state index contributed by atoms with van der Waals surface area (Å²) in [6, 6.07) is 19.9. The third-order valence-corrected chi connectivity index (χ3v) is 6.26. The highest BCUT2D eigenvalue weighted by Gasteiger charge is 2.50. The molecule has 0 aromatic heterocycles. The SMILES string of the molecule is O=C1Nc2ccccc2C(=O)[C@@H]1C(c1ccc(Cl)cc1)[C@@H]1C(=O)Nc2ccccc2C1=O. The summed E-state index contributed by atoms with van der Waals surface area (Å²) in [5.74, 6) is -5.46. The molecule has 0 fully saturated rings. The highest BCUT2D eigenvalue weighted by atomic mass is 35.5. The van der Waals surface area contributed by atoms with E-state index in [1.807, 2.05) is 0 Å². The zero-order valence-electron chi connectivity index (χ0n) is 16.7. The number of para-hydroxylation sites is 2. The molecule has 0 aliphatic carbocycles. The first-order valence-electron chi connectivity index (χ1n) is 10.1. The molecule has 6 nitrogen and oxygen atoms in total. The lowest BCUT2D eigenvalue weighted by molar-refractivity contribution is -0.122. The molecule has 0 saturated heterocycles. The normalized spacial score (nSPS) is 19.8. The summed E-state index contributed by atoms with van der Waals surface area (Å²) in [6.07, 6.45) is 0. The Kier molecular flexibility index (Phi) is 4.87. The largest absolute Gasteiger partial charge is 0.325 e. The lowest BCUT2D eigenvalue weighted by Crippen LogP contribution is -2.47. The van der Waals surface area contributed by atoms with Crippen molar-refractivity contribution in [2.75, 3.05) is 10.6 Å². The second-order valence-electron chi connectivity index (χ2n) is 7.83. The van der Waals surface area contributed by atoms with Crippen molar-refractivity contribution >= 4 is 46.4 Å². The standard InChI is InChI=1S/C25H17ClN2O4/c26-14-11-9-13(10-12-14)19(20-22(29)15-5-1-3-7-17(15)27-24(20)31)21-23(30)16-6-2-4-8-18(16)28-25(21)32/h1-12,19-21H,(H,27,31)(H,28,32)/t20-,21-/m0/s1. The molecule has 0 bridgehead atoms. The summed E-state index contributed by atoms with van der Waals surface area (Å²) in [5, 5.41) is 5.98. The molecule has 2 aliphatic heterocycles. The van der Waals surface area contributed by atoms with E-state index in [-0.39, 0.29) is 0 Å². The fourth-order valence-electron chi connectivity index (χ4n) is 4.52. The number of Topliss-reactive ketones (excluding diaryl/α,β-unsaturated/α-hetero) is 2. The minimum Gasteiger partial charge on any atom is -0.325 e. The van der Waals surface area contributed by atoms with Crippen molar-refractivity contribution in [1.29, 1.82) is 0 Å². The van der Waals surface area contributed by atoms with Crippen LogP contribution in [0.5, 0.6) is 0 Å². The van der Waals surface area contributed by atoms with E-state index in [2.05, 4.69) is 10.6 Å². The predicted molar refractivity (Wildman–Crippen MR) is 120 cm³/mol. The quantitative estimate of drug-likeness (QED) is 0.588. The summed E-state index contributed by atoms with van der Waals surface area (Å²) < 4.78 is 0. The minimum absolute atomic E-state index is 0.347. The molecule has 2 heterocycles. The Hall–Kier alpha value is -3.77. The monoisotopic (exact) mass is 444 g/mol. The van der Waals surface area contributed by atoms with Gasteiger partial charge in [-0.05, 0) is 42.0 Å². The topological polar surface area (TPSA) is 92.3 Å². The van der Waals surface area contributed by atoms with E-state index in [0.29, 0.717) is 33.1 Å². The lowest BCUT2D eigenvalue weighted by atomic mass is 9.68. The number of fused-ring (bicyclic) bond motifs is 2. The molecular weight excluding hydrogens is 428 g/mol. The molecule has 2 atom stereocenters. The fraction of sp³-hybridized carbons (Fsp3) is 0.120. The Morgan fingerprint density at radius 1 is 0.625 bits per heavy atom. The summed E-state index contributed by atoms with van der Waals surface area (Å²) >= 11 is 6.04. The maximum Gasteiger partial charge on any atom is 0.236 e. The van der Waals surface area contributed by atoms with Gasteiger partial charge in [0, 0.05) is 22.1 Å². The van der Waals surface area contributed by atoms with Crippen LogP contribution in [-0.2, 0) is 9.59 Å². The number of carbonyl (C=O) groups excluding carboxylic acids is 4. The van der Waals surface area contributed by atoms with Crippen molar-refractivity contribution in [2.24, 2.45) is 11.8 Å². The number of benzene rings is 3. The number of hydrogen-bond donors (Lipinski definition) is 2. The van der Waals surface area contributed by atoms with Crippen LogP contribution in [0.1, 0.15) is 32.2 Å². The average molecular weight is 445 g/mol. The first kappa shape index (κ1) is 20.2. The van der Waals surface area contributed by atoms with E-state index in [4.69, 9.17) is 11.6 Å². The maximum atomic E-state index is 13.5. The summed E-state index contributed by atoms with van der Waals surface area (Å²) in [4.78, 5) is 53.3. The highest BCUT2D eigenvalue weighted by molar-refractivity contribution is 6.30. The average Bonchev–Trinajstić information content (AvgIpc) is 2.78. The molecule has 158 valence electrons. The van der Waals surface area contributed by atoms with Crippen molar-refractivity contribution in [3.63, 3.8) is 0 Å². The molecule has 2 aliphatic rings. The number of amides is 2. The summed E-state index contributed by atoms with van der Waals surface area (Å²) in [5.41, 5.74) is 2.03. The van der Waals surface area contributed by atoms with Gasteiger partial charge in [-0.2, -0.15) is 0 Å². The Balaban J connectivity index is 1.67. The smallest absolute Gasteiger partial charge is 0.236 e. The van der Waals surface area contributed by atoms with E-state index in [0.717, 1.165) is 0 Å². The molecule has 2 amide bonds. The van der Waals surface area contributed by atoms with Crippen LogP contribution in [-0.4, -0.2) is 23.4 Å². The van der Waals surface area contributed by atoms with Gasteiger partial charge in [0.05, 0.1) is 11.4 Å². The second-order valence-corrected chi connectivity index (χ2v) is 8.27. The van der Waals surface area contributed by atoms with Gasteiger partial charge in [0.25, 0.3) is 0 Å². The number of nitrogens with one attached hydrogen (secondary N) is 2. The minimum atomic E-state index is -1.25. The number of carbonyl (C=O) groups is 4. The number of anilines is 2. The number of rotatable bonds is 3. The Morgan fingerprint density at radius 2 is 1.06 bits per heavy atom. The van der Waals surface area contributed by atoms with Gasteiger partial charge in [0.15, 0.2) is 11.6 Å². The van der Waals surface area contributed by atoms with Crippen LogP contribution in [0, 0.1) is 11.8 Å². The van der Waals surface area contributed by atoms with Gasteiger partial charge in [-0.1, -0.05) is 48.0 Å². The molecule has 0 spiro atoms. The zero-order valence-corrected chi connectivity index (χ0v) is 17.4. The van der Waals surface area contributed by atoms with Gasteiger partial charge in [0.2, 0.25) is 11.8 Å². The molecular formula is C25H17ClN2O4. The van der Waals surface area contributed by atoms with Crippen molar-refractivity contribution in [3.8, 4) is 0 Å². The fourth-order valence-corrected chi connectivity index (χ4v) is 4.65. The van der Waals surface area contributed by atoms with Gasteiger partial charge in [-0.25, -0.2) is 0 Å². The van der Waals surface area contributed by atoms with E-state index in [1.165, 1.54) is 0 Å². The molecule has 5 rings (SSSR count). The van der Waals surface area contributed by atoms with Crippen LogP contribution in [0.25, 0.3) is 0 Å². The Bertz CT molecular complexity index is 1210. The van der Waals surface area contributed by atoms with Crippen molar-refractivity contribution in [2.45, 2.75) is 5.92 Å². The lowest BCUT2D eigenvalue weighted by Gasteiger charge is -2.35. The van der Waals surface area contributed by atoms with E-state index in [1.54, 1.807) is 72.8 Å². The third-order valence-electron chi connectivity index (χ3n) is 6.00. The third kappa shape index (κ3) is 3.20. The van der Waals surface area contributed by atoms with Crippen LogP contribution in [0.3, 0.4) is 0 Å². The van der Waals surface area contributed by atoms with E-state index >= 15 is 0 Å². The van der Waals surface area contributed by atoms with Gasteiger partial charge in [-0.3, -0.25) is 19.2 Å². The van der Waals surface area contributed by atoms with Crippen LogP contribution in [0.4, 0.5) is 11.4 Å². The molecule has 3 aromatic carbocycles. The van der Waals surface area contributed by atoms with Crippen molar-refractivity contribution in [1.82, 2.24) is 0 Å². The molecule has 3 aromatic rings. The Morgan fingerprint density at radius 3 is 1.53 bits per heavy atom. The van der Waals surface area contributed by atoms with E-state index in [9.17, 15) is 19.2 Å². The van der Waals surface area contributed by atoms with Gasteiger partial charge in [0.1, 0.15) is 11.8 Å². The highest BCUT2D eigenvalue weighted by Crippen LogP contribution is 2.43. The van der Waals surface area contributed by atoms with Gasteiger partial charge < -0.3 is 10.6 Å². The molecule has 0 radical (unpaired) electrons. The second kappa shape index (κ2) is 7.73.